The summed E-state index contributed by atoms with van der Waals surface area (Å²) < 4.78 is 0. The maximum absolute atomic E-state index is 9.19. The van der Waals surface area contributed by atoms with Gasteiger partial charge in [-0.2, -0.15) is 0 Å². The van der Waals surface area contributed by atoms with E-state index < -0.39 is 0 Å². The molecule has 2 nitrogen and oxygen atoms in total. The molecule has 0 aliphatic heterocycles. The molecular formula is C16H27NO. The lowest BCUT2D eigenvalue weighted by molar-refractivity contribution is 0.202. The van der Waals surface area contributed by atoms with Gasteiger partial charge >= 0.3 is 0 Å². The first kappa shape index (κ1) is 15.2. The van der Waals surface area contributed by atoms with E-state index in [4.69, 9.17) is 0 Å². The van der Waals surface area contributed by atoms with Crippen LogP contribution in [-0.4, -0.2) is 17.8 Å². The molecule has 2 heteroatoms. The van der Waals surface area contributed by atoms with Crippen molar-refractivity contribution in [2.75, 3.05) is 6.61 Å². The molecule has 0 fully saturated rings. The second-order valence-electron chi connectivity index (χ2n) is 5.65. The fraction of sp³-hybridized carbons (Fsp3) is 0.625. The highest BCUT2D eigenvalue weighted by molar-refractivity contribution is 5.39. The maximum Gasteiger partial charge on any atom is 0.0471 e. The largest absolute Gasteiger partial charge is 0.396 e. The van der Waals surface area contributed by atoms with Gasteiger partial charge in [-0.3, -0.25) is 0 Å². The second-order valence-corrected chi connectivity index (χ2v) is 5.65. The monoisotopic (exact) mass is 249 g/mol. The van der Waals surface area contributed by atoms with Crippen LogP contribution in [0.5, 0.6) is 0 Å². The van der Waals surface area contributed by atoms with Crippen LogP contribution in [0.2, 0.25) is 0 Å². The van der Waals surface area contributed by atoms with Gasteiger partial charge in [0.2, 0.25) is 0 Å². The molecule has 0 radical (unpaired) electrons. The van der Waals surface area contributed by atoms with Gasteiger partial charge in [0.25, 0.3) is 0 Å². The van der Waals surface area contributed by atoms with E-state index in [0.29, 0.717) is 12.1 Å². The predicted molar refractivity (Wildman–Crippen MR) is 77.9 cm³/mol. The van der Waals surface area contributed by atoms with Gasteiger partial charge < -0.3 is 10.4 Å². The average molecular weight is 249 g/mol. The summed E-state index contributed by atoms with van der Waals surface area (Å²) in [4.78, 5) is 0. The first-order valence-corrected chi connectivity index (χ1v) is 6.81. The summed E-state index contributed by atoms with van der Waals surface area (Å²) >= 11 is 0. The normalized spacial score (nSPS) is 16.4. The van der Waals surface area contributed by atoms with Crippen molar-refractivity contribution in [3.63, 3.8) is 0 Å². The second kappa shape index (κ2) is 6.35. The van der Waals surface area contributed by atoms with Crippen molar-refractivity contribution in [3.05, 3.63) is 34.4 Å². The van der Waals surface area contributed by atoms with E-state index in [1.165, 1.54) is 22.3 Å². The molecule has 0 saturated heterocycles. The highest BCUT2D eigenvalue weighted by atomic mass is 16.3. The lowest BCUT2D eigenvalue weighted by Crippen LogP contribution is -2.36. The number of aliphatic hydroxyl groups excluding tert-OH is 1. The topological polar surface area (TPSA) is 32.3 Å². The van der Waals surface area contributed by atoms with Crippen molar-refractivity contribution >= 4 is 0 Å². The van der Waals surface area contributed by atoms with Gasteiger partial charge in [0.1, 0.15) is 0 Å². The van der Waals surface area contributed by atoms with Crippen LogP contribution in [0.3, 0.4) is 0 Å². The molecule has 0 aliphatic rings. The summed E-state index contributed by atoms with van der Waals surface area (Å²) in [7, 11) is 0. The Kier molecular flexibility index (Phi) is 5.36. The summed E-state index contributed by atoms with van der Waals surface area (Å²) in [5.41, 5.74) is 5.39. The van der Waals surface area contributed by atoms with E-state index in [2.05, 4.69) is 59.0 Å². The number of benzene rings is 1. The Labute approximate surface area is 111 Å². The van der Waals surface area contributed by atoms with E-state index in [0.717, 1.165) is 0 Å². The molecular weight excluding hydrogens is 222 g/mol. The zero-order valence-corrected chi connectivity index (χ0v) is 12.5. The van der Waals surface area contributed by atoms with Gasteiger partial charge in [0.15, 0.2) is 0 Å². The molecule has 2 N–H and O–H groups in total. The van der Waals surface area contributed by atoms with Gasteiger partial charge in [0.05, 0.1) is 0 Å². The molecule has 0 aromatic heterocycles. The summed E-state index contributed by atoms with van der Waals surface area (Å²) in [5.74, 6) is 0.276. The van der Waals surface area contributed by atoms with Crippen LogP contribution in [0, 0.1) is 26.7 Å². The molecule has 18 heavy (non-hydrogen) atoms. The van der Waals surface area contributed by atoms with E-state index in [1.54, 1.807) is 0 Å². The van der Waals surface area contributed by atoms with Gasteiger partial charge in [0, 0.05) is 18.7 Å². The Morgan fingerprint density at radius 1 is 1.06 bits per heavy atom. The van der Waals surface area contributed by atoms with Crippen LogP contribution in [0.1, 0.15) is 49.1 Å². The highest BCUT2D eigenvalue weighted by Gasteiger charge is 2.17. The van der Waals surface area contributed by atoms with Crippen LogP contribution in [-0.2, 0) is 0 Å². The van der Waals surface area contributed by atoms with Crippen LogP contribution in [0.4, 0.5) is 0 Å². The van der Waals surface area contributed by atoms with Crippen LogP contribution < -0.4 is 5.32 Å². The van der Waals surface area contributed by atoms with Crippen molar-refractivity contribution in [1.29, 1.82) is 0 Å². The van der Waals surface area contributed by atoms with Crippen LogP contribution in [0.25, 0.3) is 0 Å². The highest BCUT2D eigenvalue weighted by Crippen LogP contribution is 2.24. The van der Waals surface area contributed by atoms with Crippen LogP contribution in [0.15, 0.2) is 12.1 Å². The van der Waals surface area contributed by atoms with E-state index >= 15 is 0 Å². The van der Waals surface area contributed by atoms with E-state index in [1.807, 2.05) is 0 Å². The molecule has 0 heterocycles. The Morgan fingerprint density at radius 3 is 2.00 bits per heavy atom. The molecule has 0 amide bonds. The fourth-order valence-corrected chi connectivity index (χ4v) is 2.67. The molecule has 3 unspecified atom stereocenters. The molecule has 102 valence electrons. The molecule has 0 saturated carbocycles. The average Bonchev–Trinajstić information content (AvgIpc) is 2.26. The van der Waals surface area contributed by atoms with Gasteiger partial charge in [-0.15, -0.1) is 0 Å². The number of hydrogen-bond donors (Lipinski definition) is 2. The first-order valence-electron chi connectivity index (χ1n) is 6.81. The lowest BCUT2D eigenvalue weighted by atomic mass is 9.93. The maximum atomic E-state index is 9.19. The third-order valence-electron chi connectivity index (χ3n) is 3.83. The van der Waals surface area contributed by atoms with Gasteiger partial charge in [-0.25, -0.2) is 0 Å². The summed E-state index contributed by atoms with van der Waals surface area (Å²) in [6.45, 7) is 13.1. The molecule has 3 atom stereocenters. The first-order chi connectivity index (χ1) is 8.36. The Balaban J connectivity index is 2.88. The zero-order valence-electron chi connectivity index (χ0n) is 12.5. The predicted octanol–water partition coefficient (Wildman–Crippen LogP) is 3.28. The smallest absolute Gasteiger partial charge is 0.0471 e. The minimum atomic E-state index is 0.229. The van der Waals surface area contributed by atoms with Gasteiger partial charge in [-0.1, -0.05) is 24.6 Å². The van der Waals surface area contributed by atoms with Crippen molar-refractivity contribution in [2.45, 2.75) is 53.6 Å². The minimum absolute atomic E-state index is 0.229. The molecule has 0 aliphatic carbocycles. The Hall–Kier alpha value is -0.860. The SMILES string of the molecule is Cc1cc(C)c(C(C)NC(C)C(C)CO)c(C)c1. The quantitative estimate of drug-likeness (QED) is 0.839. The fourth-order valence-electron chi connectivity index (χ4n) is 2.67. The zero-order chi connectivity index (χ0) is 13.9. The lowest BCUT2D eigenvalue weighted by Gasteiger charge is -2.26. The minimum Gasteiger partial charge on any atom is -0.396 e. The molecule has 1 aromatic carbocycles. The van der Waals surface area contributed by atoms with E-state index in [-0.39, 0.29) is 12.5 Å². The molecule has 1 rings (SSSR count). The van der Waals surface area contributed by atoms with Gasteiger partial charge in [-0.05, 0) is 57.2 Å². The number of hydrogen-bond acceptors (Lipinski definition) is 2. The standard InChI is InChI=1S/C16H27NO/c1-10-7-11(2)16(12(3)8-10)15(6)17-14(5)13(4)9-18/h7-8,13-15,17-18H,9H2,1-6H3. The van der Waals surface area contributed by atoms with Crippen molar-refractivity contribution in [3.8, 4) is 0 Å². The molecule has 1 aromatic rings. The van der Waals surface area contributed by atoms with Crippen molar-refractivity contribution in [1.82, 2.24) is 5.32 Å². The Morgan fingerprint density at radius 2 is 1.56 bits per heavy atom. The number of rotatable bonds is 5. The summed E-state index contributed by atoms with van der Waals surface area (Å²) in [6.07, 6.45) is 0. The number of aliphatic hydroxyl groups is 1. The van der Waals surface area contributed by atoms with Crippen molar-refractivity contribution in [2.24, 2.45) is 5.92 Å². The summed E-state index contributed by atoms with van der Waals surface area (Å²) in [5, 5.41) is 12.8. The molecule has 0 bridgehead atoms. The van der Waals surface area contributed by atoms with Crippen LogP contribution >= 0.6 is 0 Å². The number of nitrogens with one attached hydrogen (secondary N) is 1. The van der Waals surface area contributed by atoms with Crippen molar-refractivity contribution < 1.29 is 5.11 Å². The summed E-state index contributed by atoms with van der Waals surface area (Å²) in [6, 6.07) is 5.10. The number of aryl methyl sites for hydroxylation is 3. The third kappa shape index (κ3) is 3.56. The molecule has 0 spiro atoms. The van der Waals surface area contributed by atoms with E-state index in [9.17, 15) is 5.11 Å². The Bertz CT molecular complexity index is 377. The third-order valence-corrected chi connectivity index (χ3v) is 3.83.